The molecule has 0 aromatic carbocycles. The number of hydrogen-bond acceptors (Lipinski definition) is 4. The van der Waals surface area contributed by atoms with Crippen molar-refractivity contribution < 1.29 is 9.53 Å². The molecule has 3 rings (SSSR count). The normalized spacial score (nSPS) is 23.0. The number of carbonyl (C=O) groups excluding carboxylic acids is 1. The molecule has 0 unspecified atom stereocenters. The van der Waals surface area contributed by atoms with Crippen molar-refractivity contribution in [2.24, 2.45) is 4.99 Å². The number of halogens is 1. The lowest BCUT2D eigenvalue weighted by molar-refractivity contribution is -0.127. The van der Waals surface area contributed by atoms with E-state index in [1.54, 1.807) is 0 Å². The van der Waals surface area contributed by atoms with Crippen LogP contribution >= 0.6 is 24.0 Å². The molecule has 162 valence electrons. The third-order valence-electron chi connectivity index (χ3n) is 6.14. The molecular weight excluding hydrogens is 469 g/mol. The van der Waals surface area contributed by atoms with Gasteiger partial charge in [-0.1, -0.05) is 0 Å². The van der Waals surface area contributed by atoms with Crippen LogP contribution in [0.2, 0.25) is 0 Å². The third kappa shape index (κ3) is 6.45. The molecule has 0 radical (unpaired) electrons. The highest BCUT2D eigenvalue weighted by Crippen LogP contribution is 2.31. The number of ether oxygens (including phenoxy) is 1. The van der Waals surface area contributed by atoms with Crippen LogP contribution in [0.25, 0.3) is 0 Å². The second kappa shape index (κ2) is 12.2. The Bertz CT molecular complexity index is 505. The van der Waals surface area contributed by atoms with Crippen molar-refractivity contribution in [3.8, 4) is 0 Å². The number of guanidine groups is 1. The van der Waals surface area contributed by atoms with Gasteiger partial charge < -0.3 is 20.3 Å². The highest BCUT2D eigenvalue weighted by molar-refractivity contribution is 14.0. The van der Waals surface area contributed by atoms with Crippen LogP contribution in [0.5, 0.6) is 0 Å². The Morgan fingerprint density at radius 3 is 2.54 bits per heavy atom. The summed E-state index contributed by atoms with van der Waals surface area (Å²) >= 11 is 0. The van der Waals surface area contributed by atoms with E-state index in [4.69, 9.17) is 9.73 Å². The Morgan fingerprint density at radius 2 is 1.89 bits per heavy atom. The number of nitrogens with zero attached hydrogens (tertiary/aromatic N) is 3. The summed E-state index contributed by atoms with van der Waals surface area (Å²) in [5.74, 6) is 1.21. The SMILES string of the molecule is CCNC(=NCC1(N2CCCC2)CCOCC1)NCCCN1CCCC1=O.I. The molecule has 0 spiro atoms. The maximum absolute atomic E-state index is 11.7. The van der Waals surface area contributed by atoms with Crippen molar-refractivity contribution in [1.82, 2.24) is 20.4 Å². The molecule has 2 N–H and O–H groups in total. The molecule has 3 aliphatic heterocycles. The Morgan fingerprint density at radius 1 is 1.14 bits per heavy atom. The van der Waals surface area contributed by atoms with E-state index in [9.17, 15) is 4.79 Å². The van der Waals surface area contributed by atoms with Crippen LogP contribution in [0.15, 0.2) is 4.99 Å². The minimum absolute atomic E-state index is 0. The standard InChI is InChI=1S/C20H37N5O2.HI/c1-2-21-19(22-10-6-12-24-11-5-7-18(24)26)23-17-20(8-15-27-16-9-20)25-13-3-4-14-25;/h2-17H2,1H3,(H2,21,22,23);1H. The molecule has 28 heavy (non-hydrogen) atoms. The number of carbonyl (C=O) groups is 1. The molecule has 0 aliphatic carbocycles. The van der Waals surface area contributed by atoms with Crippen LogP contribution in [-0.4, -0.2) is 86.2 Å². The first-order valence-corrected chi connectivity index (χ1v) is 10.9. The van der Waals surface area contributed by atoms with Gasteiger partial charge in [-0.05, 0) is 58.5 Å². The Hall–Kier alpha value is -0.610. The summed E-state index contributed by atoms with van der Waals surface area (Å²) < 4.78 is 5.64. The lowest BCUT2D eigenvalue weighted by Crippen LogP contribution is -2.54. The van der Waals surface area contributed by atoms with Crippen LogP contribution in [0.4, 0.5) is 0 Å². The van der Waals surface area contributed by atoms with Crippen molar-refractivity contribution in [3.63, 3.8) is 0 Å². The predicted molar refractivity (Wildman–Crippen MR) is 123 cm³/mol. The molecule has 0 saturated carbocycles. The van der Waals surface area contributed by atoms with Crippen LogP contribution in [0, 0.1) is 0 Å². The van der Waals surface area contributed by atoms with Crippen LogP contribution in [-0.2, 0) is 9.53 Å². The molecule has 3 heterocycles. The molecule has 8 heteroatoms. The summed E-state index contributed by atoms with van der Waals surface area (Å²) in [5.41, 5.74) is 0.166. The molecule has 1 amide bonds. The topological polar surface area (TPSA) is 69.2 Å². The minimum atomic E-state index is 0. The van der Waals surface area contributed by atoms with E-state index in [1.807, 2.05) is 4.90 Å². The average molecular weight is 507 g/mol. The zero-order valence-electron chi connectivity index (χ0n) is 17.4. The molecule has 0 aromatic heterocycles. The molecule has 0 atom stereocenters. The number of hydrogen-bond donors (Lipinski definition) is 2. The number of amides is 1. The van der Waals surface area contributed by atoms with Gasteiger partial charge in [-0.15, -0.1) is 24.0 Å². The Labute approximate surface area is 187 Å². The highest BCUT2D eigenvalue weighted by atomic mass is 127. The zero-order chi connectivity index (χ0) is 19.0. The van der Waals surface area contributed by atoms with Crippen molar-refractivity contribution in [2.75, 3.05) is 59.0 Å². The molecule has 0 aromatic rings. The number of likely N-dealkylation sites (tertiary alicyclic amines) is 2. The second-order valence-electron chi connectivity index (χ2n) is 7.99. The number of rotatable bonds is 8. The highest BCUT2D eigenvalue weighted by Gasteiger charge is 2.39. The van der Waals surface area contributed by atoms with E-state index in [-0.39, 0.29) is 29.5 Å². The average Bonchev–Trinajstić information content (AvgIpc) is 3.36. The fraction of sp³-hybridized carbons (Fsp3) is 0.900. The van der Waals surface area contributed by atoms with Crippen molar-refractivity contribution >= 4 is 35.8 Å². The van der Waals surface area contributed by atoms with Crippen molar-refractivity contribution in [2.45, 2.75) is 57.4 Å². The summed E-state index contributed by atoms with van der Waals surface area (Å²) in [7, 11) is 0. The molecule has 7 nitrogen and oxygen atoms in total. The van der Waals surface area contributed by atoms with Gasteiger partial charge >= 0.3 is 0 Å². The van der Waals surface area contributed by atoms with Crippen LogP contribution < -0.4 is 10.6 Å². The third-order valence-corrected chi connectivity index (χ3v) is 6.14. The second-order valence-corrected chi connectivity index (χ2v) is 7.99. The maximum Gasteiger partial charge on any atom is 0.222 e. The largest absolute Gasteiger partial charge is 0.381 e. The fourth-order valence-electron chi connectivity index (χ4n) is 4.50. The van der Waals surface area contributed by atoms with E-state index in [2.05, 4.69) is 22.5 Å². The van der Waals surface area contributed by atoms with Gasteiger partial charge in [0, 0.05) is 51.4 Å². The molecule has 3 fully saturated rings. The fourth-order valence-corrected chi connectivity index (χ4v) is 4.50. The molecular formula is C20H38IN5O2. The lowest BCUT2D eigenvalue weighted by atomic mass is 9.88. The first kappa shape index (κ1) is 23.7. The van der Waals surface area contributed by atoms with Gasteiger partial charge in [-0.2, -0.15) is 0 Å². The van der Waals surface area contributed by atoms with Crippen LogP contribution in [0.3, 0.4) is 0 Å². The summed E-state index contributed by atoms with van der Waals surface area (Å²) in [5, 5.41) is 6.83. The van der Waals surface area contributed by atoms with Gasteiger partial charge in [0.2, 0.25) is 5.91 Å². The zero-order valence-corrected chi connectivity index (χ0v) is 19.7. The van der Waals surface area contributed by atoms with E-state index in [0.29, 0.717) is 5.91 Å². The molecule has 3 aliphatic rings. The van der Waals surface area contributed by atoms with Crippen molar-refractivity contribution in [3.05, 3.63) is 0 Å². The van der Waals surface area contributed by atoms with Gasteiger partial charge in [0.05, 0.1) is 6.54 Å². The monoisotopic (exact) mass is 507 g/mol. The van der Waals surface area contributed by atoms with Gasteiger partial charge in [0.25, 0.3) is 0 Å². The maximum atomic E-state index is 11.7. The van der Waals surface area contributed by atoms with E-state index >= 15 is 0 Å². The first-order chi connectivity index (χ1) is 13.2. The van der Waals surface area contributed by atoms with E-state index < -0.39 is 0 Å². The van der Waals surface area contributed by atoms with Gasteiger partial charge in [0.1, 0.15) is 0 Å². The first-order valence-electron chi connectivity index (χ1n) is 10.9. The summed E-state index contributed by atoms with van der Waals surface area (Å²) in [6.45, 7) is 10.5. The predicted octanol–water partition coefficient (Wildman–Crippen LogP) is 1.82. The van der Waals surface area contributed by atoms with Gasteiger partial charge in [-0.3, -0.25) is 14.7 Å². The van der Waals surface area contributed by atoms with E-state index in [1.165, 1.54) is 25.9 Å². The lowest BCUT2D eigenvalue weighted by Gasteiger charge is -2.43. The van der Waals surface area contributed by atoms with E-state index in [0.717, 1.165) is 84.0 Å². The quantitative estimate of drug-likeness (QED) is 0.227. The number of nitrogens with one attached hydrogen (secondary N) is 2. The summed E-state index contributed by atoms with van der Waals surface area (Å²) in [4.78, 5) is 21.3. The van der Waals surface area contributed by atoms with Gasteiger partial charge in [-0.25, -0.2) is 0 Å². The summed E-state index contributed by atoms with van der Waals surface area (Å²) in [6, 6.07) is 0. The smallest absolute Gasteiger partial charge is 0.222 e. The molecule has 3 saturated heterocycles. The number of aliphatic imine (C=N–C) groups is 1. The minimum Gasteiger partial charge on any atom is -0.381 e. The van der Waals surface area contributed by atoms with Crippen molar-refractivity contribution in [1.29, 1.82) is 0 Å². The Kier molecular flexibility index (Phi) is 10.3. The Balaban J connectivity index is 0.00000280. The van der Waals surface area contributed by atoms with Gasteiger partial charge in [0.15, 0.2) is 5.96 Å². The van der Waals surface area contributed by atoms with Crippen LogP contribution in [0.1, 0.15) is 51.9 Å². The summed E-state index contributed by atoms with van der Waals surface area (Å²) in [6.07, 6.45) is 7.46. The molecule has 0 bridgehead atoms.